The minimum Gasteiger partial charge on any atom is -0.497 e. The maximum absolute atomic E-state index is 13.0. The fraction of sp³-hybridized carbons (Fsp3) is 0.212. The summed E-state index contributed by atoms with van der Waals surface area (Å²) in [4.78, 5) is 24.9. The Kier molecular flexibility index (Phi) is 11.0. The molecule has 5 heteroatoms. The van der Waals surface area contributed by atoms with Gasteiger partial charge in [0.05, 0.1) is 7.11 Å². The third-order valence-corrected chi connectivity index (χ3v) is 5.80. The van der Waals surface area contributed by atoms with Crippen molar-refractivity contribution in [2.75, 3.05) is 20.3 Å². The highest BCUT2D eigenvalue weighted by Crippen LogP contribution is 2.31. The van der Waals surface area contributed by atoms with E-state index in [0.29, 0.717) is 30.8 Å². The summed E-state index contributed by atoms with van der Waals surface area (Å²) >= 11 is 0. The van der Waals surface area contributed by atoms with Crippen LogP contribution in [0.1, 0.15) is 45.7 Å². The van der Waals surface area contributed by atoms with Gasteiger partial charge >= 0.3 is 0 Å². The van der Waals surface area contributed by atoms with Crippen LogP contribution in [0, 0.1) is 0 Å². The summed E-state index contributed by atoms with van der Waals surface area (Å²) in [5.41, 5.74) is 3.04. The molecule has 0 N–H and O–H groups in total. The van der Waals surface area contributed by atoms with Crippen molar-refractivity contribution in [3.05, 3.63) is 138 Å². The maximum Gasteiger partial charge on any atom is 0.261 e. The van der Waals surface area contributed by atoms with Gasteiger partial charge in [-0.1, -0.05) is 103 Å². The number of carbonyl (C=O) groups excluding carboxylic acids is 2. The predicted molar refractivity (Wildman–Crippen MR) is 150 cm³/mol. The zero-order chi connectivity index (χ0) is 27.2. The fourth-order valence-electron chi connectivity index (χ4n) is 3.97. The van der Waals surface area contributed by atoms with Crippen molar-refractivity contribution in [3.63, 3.8) is 0 Å². The molecule has 4 aromatic rings. The molecule has 38 heavy (non-hydrogen) atoms. The molecule has 0 aromatic heterocycles. The normalized spacial score (nSPS) is 10.7. The Labute approximate surface area is 225 Å². The van der Waals surface area contributed by atoms with Crippen molar-refractivity contribution >= 4 is 11.6 Å². The highest BCUT2D eigenvalue weighted by atomic mass is 16.7. The van der Waals surface area contributed by atoms with E-state index in [4.69, 9.17) is 14.2 Å². The fourth-order valence-corrected chi connectivity index (χ4v) is 3.97. The molecule has 0 aliphatic rings. The highest BCUT2D eigenvalue weighted by molar-refractivity contribution is 6.02. The number of rotatable bonds is 11. The molecule has 0 aliphatic heterocycles. The molecule has 0 atom stereocenters. The number of methoxy groups -OCH3 is 1. The quantitative estimate of drug-likeness (QED) is 0.162. The van der Waals surface area contributed by atoms with Gasteiger partial charge in [0, 0.05) is 36.3 Å². The van der Waals surface area contributed by atoms with Crippen molar-refractivity contribution in [1.29, 1.82) is 0 Å². The van der Waals surface area contributed by atoms with Crippen LogP contribution >= 0.6 is 0 Å². The topological polar surface area (TPSA) is 61.8 Å². The molecule has 196 valence electrons. The minimum absolute atomic E-state index is 0.135. The molecule has 0 fully saturated rings. The second-order valence-corrected chi connectivity index (χ2v) is 8.36. The van der Waals surface area contributed by atoms with Crippen molar-refractivity contribution in [2.24, 2.45) is 0 Å². The average molecular weight is 511 g/mol. The molecule has 0 unspecified atom stereocenters. The van der Waals surface area contributed by atoms with Crippen LogP contribution in [0.25, 0.3) is 0 Å². The summed E-state index contributed by atoms with van der Waals surface area (Å²) in [6.45, 7) is 4.48. The number of carbonyl (C=O) groups is 2. The Bertz CT molecular complexity index is 1250. The van der Waals surface area contributed by atoms with E-state index in [9.17, 15) is 9.59 Å². The summed E-state index contributed by atoms with van der Waals surface area (Å²) < 4.78 is 16.7. The van der Waals surface area contributed by atoms with E-state index in [1.807, 2.05) is 117 Å². The van der Waals surface area contributed by atoms with Crippen molar-refractivity contribution in [1.82, 2.24) is 0 Å². The SMILES string of the molecule is CCOC(OCC)(C(=O)c1ccccc1)c1ccccc1.COc1ccc(CC(=O)c2ccccc2)cc1. The monoisotopic (exact) mass is 510 g/mol. The van der Waals surface area contributed by atoms with Crippen LogP contribution in [-0.4, -0.2) is 31.9 Å². The molecule has 0 heterocycles. The van der Waals surface area contributed by atoms with Crippen LogP contribution in [0.2, 0.25) is 0 Å². The smallest absolute Gasteiger partial charge is 0.261 e. The third-order valence-electron chi connectivity index (χ3n) is 5.80. The third kappa shape index (κ3) is 7.48. The predicted octanol–water partition coefficient (Wildman–Crippen LogP) is 6.92. The Morgan fingerprint density at radius 2 is 1.11 bits per heavy atom. The molecule has 0 amide bonds. The Morgan fingerprint density at radius 3 is 1.58 bits per heavy atom. The lowest BCUT2D eigenvalue weighted by molar-refractivity contribution is -0.204. The summed E-state index contributed by atoms with van der Waals surface area (Å²) in [5, 5.41) is 0. The summed E-state index contributed by atoms with van der Waals surface area (Å²) in [6, 6.07) is 35.4. The first kappa shape index (κ1) is 28.5. The van der Waals surface area contributed by atoms with Crippen LogP contribution in [0.15, 0.2) is 115 Å². The Hall–Kier alpha value is -4.06. The van der Waals surface area contributed by atoms with E-state index in [-0.39, 0.29) is 11.6 Å². The summed E-state index contributed by atoms with van der Waals surface area (Å²) in [6.07, 6.45) is 0.425. The van der Waals surface area contributed by atoms with Crippen LogP contribution in [-0.2, 0) is 21.7 Å². The lowest BCUT2D eigenvalue weighted by Crippen LogP contribution is -2.42. The molecule has 0 bridgehead atoms. The van der Waals surface area contributed by atoms with E-state index in [2.05, 4.69) is 0 Å². The second kappa shape index (κ2) is 14.6. The number of hydrogen-bond acceptors (Lipinski definition) is 5. The van der Waals surface area contributed by atoms with E-state index >= 15 is 0 Å². The van der Waals surface area contributed by atoms with Crippen LogP contribution < -0.4 is 4.74 Å². The molecule has 4 rings (SSSR count). The van der Waals surface area contributed by atoms with E-state index in [1.165, 1.54) is 0 Å². The summed E-state index contributed by atoms with van der Waals surface area (Å²) in [7, 11) is 1.63. The van der Waals surface area contributed by atoms with E-state index in [0.717, 1.165) is 16.9 Å². The first-order valence-corrected chi connectivity index (χ1v) is 12.7. The first-order valence-electron chi connectivity index (χ1n) is 12.7. The van der Waals surface area contributed by atoms with Gasteiger partial charge in [-0.15, -0.1) is 0 Å². The second-order valence-electron chi connectivity index (χ2n) is 8.36. The highest BCUT2D eigenvalue weighted by Gasteiger charge is 2.42. The minimum atomic E-state index is -1.38. The number of hydrogen-bond donors (Lipinski definition) is 0. The lowest BCUT2D eigenvalue weighted by Gasteiger charge is -2.32. The zero-order valence-electron chi connectivity index (χ0n) is 22.1. The van der Waals surface area contributed by atoms with Crippen molar-refractivity contribution in [2.45, 2.75) is 26.1 Å². The molecule has 0 spiro atoms. The molecule has 4 aromatic carbocycles. The van der Waals surface area contributed by atoms with E-state index < -0.39 is 5.79 Å². The molecule has 5 nitrogen and oxygen atoms in total. The number of Topliss-reactive ketones (excluding diaryl/α,β-unsaturated/α-hetero) is 2. The van der Waals surface area contributed by atoms with Gasteiger partial charge in [0.2, 0.25) is 5.78 Å². The Morgan fingerprint density at radius 1 is 0.632 bits per heavy atom. The largest absolute Gasteiger partial charge is 0.497 e. The van der Waals surface area contributed by atoms with Gasteiger partial charge in [0.1, 0.15) is 5.75 Å². The van der Waals surface area contributed by atoms with Crippen molar-refractivity contribution in [3.8, 4) is 5.75 Å². The first-order chi connectivity index (χ1) is 18.5. The average Bonchev–Trinajstić information content (AvgIpc) is 2.98. The lowest BCUT2D eigenvalue weighted by atomic mass is 9.95. The maximum atomic E-state index is 13.0. The van der Waals surface area contributed by atoms with Crippen LogP contribution in [0.5, 0.6) is 5.75 Å². The number of ether oxygens (including phenoxy) is 3. The van der Waals surface area contributed by atoms with E-state index in [1.54, 1.807) is 19.2 Å². The molecule has 0 saturated carbocycles. The summed E-state index contributed by atoms with van der Waals surface area (Å²) in [5.74, 6) is -0.624. The zero-order valence-corrected chi connectivity index (χ0v) is 22.1. The van der Waals surface area contributed by atoms with Gasteiger partial charge in [0.15, 0.2) is 5.78 Å². The van der Waals surface area contributed by atoms with Gasteiger partial charge in [-0.3, -0.25) is 9.59 Å². The molecule has 0 aliphatic carbocycles. The number of benzene rings is 4. The van der Waals surface area contributed by atoms with Crippen molar-refractivity contribution < 1.29 is 23.8 Å². The molecular formula is C33H34O5. The molecular weight excluding hydrogens is 476 g/mol. The van der Waals surface area contributed by atoms with Crippen LogP contribution in [0.3, 0.4) is 0 Å². The van der Waals surface area contributed by atoms with Gasteiger partial charge in [-0.25, -0.2) is 0 Å². The standard InChI is InChI=1S/C18H20O3.C15H14O2/c1-3-20-18(21-4-2,16-13-9-6-10-14-16)17(19)15-11-7-5-8-12-15;1-17-14-9-7-12(8-10-14)11-15(16)13-5-3-2-4-6-13/h5-14H,3-4H2,1-2H3;2-10H,11H2,1H3. The van der Waals surface area contributed by atoms with Gasteiger partial charge in [-0.05, 0) is 31.5 Å². The molecule has 0 radical (unpaired) electrons. The van der Waals surface area contributed by atoms with Gasteiger partial charge < -0.3 is 14.2 Å². The molecule has 0 saturated heterocycles. The van der Waals surface area contributed by atoms with Gasteiger partial charge in [-0.2, -0.15) is 0 Å². The number of ketones is 2. The Balaban J connectivity index is 0.000000215. The van der Waals surface area contributed by atoms with Crippen LogP contribution in [0.4, 0.5) is 0 Å². The van der Waals surface area contributed by atoms with Gasteiger partial charge in [0.25, 0.3) is 5.79 Å².